The molecule has 2 aromatic rings. The van der Waals surface area contributed by atoms with E-state index < -0.39 is 0 Å². The maximum absolute atomic E-state index is 12.6. The highest BCUT2D eigenvalue weighted by Gasteiger charge is 2.24. The molecule has 1 aromatic heterocycles. The Kier molecular flexibility index (Phi) is 5.78. The number of rotatable bonds is 5. The third kappa shape index (κ3) is 3.89. The van der Waals surface area contributed by atoms with Gasteiger partial charge in [-0.15, -0.1) is 10.2 Å². The van der Waals surface area contributed by atoms with Crippen molar-refractivity contribution in [2.45, 2.75) is 57.8 Å². The maximum Gasteiger partial charge on any atom is 0.233 e. The van der Waals surface area contributed by atoms with E-state index in [-0.39, 0.29) is 5.91 Å². The molecule has 1 aromatic carbocycles. The average Bonchev–Trinajstić information content (AvgIpc) is 3.03. The summed E-state index contributed by atoms with van der Waals surface area (Å²) in [4.78, 5) is 14.6. The number of likely N-dealkylation sites (tertiary alicyclic amines) is 1. The Balaban J connectivity index is 1.73. The summed E-state index contributed by atoms with van der Waals surface area (Å²) in [5, 5.41) is 9.55. The predicted molar refractivity (Wildman–Crippen MR) is 102 cm³/mol. The quantitative estimate of drug-likeness (QED) is 0.764. The molecule has 0 N–H and O–H groups in total. The van der Waals surface area contributed by atoms with Crippen LogP contribution in [0.25, 0.3) is 11.4 Å². The number of amides is 1. The smallest absolute Gasteiger partial charge is 0.233 e. The summed E-state index contributed by atoms with van der Waals surface area (Å²) in [5.74, 6) is 1.51. The molecule has 6 heteroatoms. The molecule has 5 nitrogen and oxygen atoms in total. The summed E-state index contributed by atoms with van der Waals surface area (Å²) in [7, 11) is 0. The van der Waals surface area contributed by atoms with Crippen molar-refractivity contribution in [3.63, 3.8) is 0 Å². The number of hydrogen-bond acceptors (Lipinski definition) is 4. The minimum atomic E-state index is 0.209. The van der Waals surface area contributed by atoms with Crippen LogP contribution in [-0.4, -0.2) is 43.9 Å². The van der Waals surface area contributed by atoms with Crippen LogP contribution in [0.5, 0.6) is 0 Å². The first kappa shape index (κ1) is 18.0. The highest BCUT2D eigenvalue weighted by molar-refractivity contribution is 7.99. The van der Waals surface area contributed by atoms with Gasteiger partial charge in [0.2, 0.25) is 5.91 Å². The Hall–Kier alpha value is -1.82. The van der Waals surface area contributed by atoms with Crippen LogP contribution in [0.3, 0.4) is 0 Å². The number of hydrogen-bond donors (Lipinski definition) is 0. The SMILES string of the molecule is CCn1c(SCC(=O)N2CCCC[C@@H]2C)nnc1-c1ccccc1C. The second-order valence-electron chi connectivity index (χ2n) is 6.59. The zero-order valence-electron chi connectivity index (χ0n) is 15.2. The maximum atomic E-state index is 12.6. The number of benzene rings is 1. The van der Waals surface area contributed by atoms with Gasteiger partial charge in [-0.25, -0.2) is 0 Å². The van der Waals surface area contributed by atoms with Crippen molar-refractivity contribution < 1.29 is 4.79 Å². The largest absolute Gasteiger partial charge is 0.339 e. The lowest BCUT2D eigenvalue weighted by Gasteiger charge is -2.33. The Morgan fingerprint density at radius 2 is 2.08 bits per heavy atom. The van der Waals surface area contributed by atoms with Gasteiger partial charge < -0.3 is 9.47 Å². The zero-order chi connectivity index (χ0) is 17.8. The molecule has 1 atom stereocenters. The van der Waals surface area contributed by atoms with Gasteiger partial charge in [0.15, 0.2) is 11.0 Å². The van der Waals surface area contributed by atoms with E-state index in [1.54, 1.807) is 0 Å². The molecule has 1 aliphatic rings. The fourth-order valence-electron chi connectivity index (χ4n) is 3.38. The molecule has 0 radical (unpaired) electrons. The highest BCUT2D eigenvalue weighted by atomic mass is 32.2. The number of nitrogens with zero attached hydrogens (tertiary/aromatic N) is 4. The number of carbonyl (C=O) groups is 1. The highest BCUT2D eigenvalue weighted by Crippen LogP contribution is 2.27. The van der Waals surface area contributed by atoms with Crippen LogP contribution in [0, 0.1) is 6.92 Å². The van der Waals surface area contributed by atoms with Crippen LogP contribution in [0.15, 0.2) is 29.4 Å². The third-order valence-corrected chi connectivity index (χ3v) is 5.82. The molecule has 0 unspecified atom stereocenters. The minimum Gasteiger partial charge on any atom is -0.339 e. The normalized spacial score (nSPS) is 17.7. The van der Waals surface area contributed by atoms with E-state index in [2.05, 4.69) is 47.7 Å². The molecule has 1 aliphatic heterocycles. The van der Waals surface area contributed by atoms with E-state index in [0.717, 1.165) is 42.5 Å². The summed E-state index contributed by atoms with van der Waals surface area (Å²) in [6.45, 7) is 7.98. The minimum absolute atomic E-state index is 0.209. The number of carbonyl (C=O) groups excluding carboxylic acids is 1. The predicted octanol–water partition coefficient (Wildman–Crippen LogP) is 3.77. The van der Waals surface area contributed by atoms with Crippen LogP contribution in [0.1, 0.15) is 38.7 Å². The first-order valence-electron chi connectivity index (χ1n) is 9.03. The summed E-state index contributed by atoms with van der Waals surface area (Å²) in [5.41, 5.74) is 2.28. The van der Waals surface area contributed by atoms with Crippen LogP contribution in [0.2, 0.25) is 0 Å². The molecule has 134 valence electrons. The van der Waals surface area contributed by atoms with E-state index in [1.165, 1.54) is 23.7 Å². The number of piperidine rings is 1. The third-order valence-electron chi connectivity index (χ3n) is 4.87. The van der Waals surface area contributed by atoms with Crippen molar-refractivity contribution >= 4 is 17.7 Å². The standard InChI is InChI=1S/C19H26N4OS/c1-4-22-18(16-11-6-5-9-14(16)2)20-21-19(22)25-13-17(24)23-12-8-7-10-15(23)3/h5-6,9,11,15H,4,7-8,10,12-13H2,1-3H3/t15-/m0/s1. The van der Waals surface area contributed by atoms with Gasteiger partial charge in [-0.2, -0.15) is 0 Å². The first-order valence-corrected chi connectivity index (χ1v) is 10.0. The van der Waals surface area contributed by atoms with E-state index in [4.69, 9.17) is 0 Å². The number of aromatic nitrogens is 3. The number of aryl methyl sites for hydroxylation is 1. The van der Waals surface area contributed by atoms with E-state index in [1.807, 2.05) is 17.0 Å². The topological polar surface area (TPSA) is 51.0 Å². The van der Waals surface area contributed by atoms with Gasteiger partial charge in [-0.05, 0) is 45.6 Å². The van der Waals surface area contributed by atoms with Gasteiger partial charge in [0.1, 0.15) is 0 Å². The van der Waals surface area contributed by atoms with Crippen LogP contribution >= 0.6 is 11.8 Å². The molecule has 1 amide bonds. The number of thioether (sulfide) groups is 1. The van der Waals surface area contributed by atoms with E-state index in [0.29, 0.717) is 11.8 Å². The van der Waals surface area contributed by atoms with Gasteiger partial charge in [0, 0.05) is 24.7 Å². The molecule has 0 spiro atoms. The lowest BCUT2D eigenvalue weighted by molar-refractivity contribution is -0.131. The van der Waals surface area contributed by atoms with Gasteiger partial charge in [-0.3, -0.25) is 4.79 Å². The van der Waals surface area contributed by atoms with Gasteiger partial charge in [0.25, 0.3) is 0 Å². The van der Waals surface area contributed by atoms with Crippen molar-refractivity contribution in [3.05, 3.63) is 29.8 Å². The zero-order valence-corrected chi connectivity index (χ0v) is 16.1. The monoisotopic (exact) mass is 358 g/mol. The van der Waals surface area contributed by atoms with E-state index in [9.17, 15) is 4.79 Å². The lowest BCUT2D eigenvalue weighted by Crippen LogP contribution is -2.43. The second kappa shape index (κ2) is 8.04. The molecule has 0 bridgehead atoms. The molecular weight excluding hydrogens is 332 g/mol. The van der Waals surface area contributed by atoms with Crippen molar-refractivity contribution in [1.82, 2.24) is 19.7 Å². The fourth-order valence-corrected chi connectivity index (χ4v) is 4.27. The Labute approximate surface area is 153 Å². The second-order valence-corrected chi connectivity index (χ2v) is 7.53. The average molecular weight is 359 g/mol. The van der Waals surface area contributed by atoms with Crippen molar-refractivity contribution in [2.75, 3.05) is 12.3 Å². The lowest BCUT2D eigenvalue weighted by atomic mass is 10.0. The fraction of sp³-hybridized carbons (Fsp3) is 0.526. The van der Waals surface area contributed by atoms with Crippen molar-refractivity contribution in [3.8, 4) is 11.4 Å². The summed E-state index contributed by atoms with van der Waals surface area (Å²) in [6, 6.07) is 8.55. The molecule has 2 heterocycles. The molecular formula is C19H26N4OS. The van der Waals surface area contributed by atoms with E-state index >= 15 is 0 Å². The van der Waals surface area contributed by atoms with Gasteiger partial charge in [0.05, 0.1) is 5.75 Å². The Bertz CT molecular complexity index is 743. The summed E-state index contributed by atoms with van der Waals surface area (Å²) >= 11 is 1.49. The summed E-state index contributed by atoms with van der Waals surface area (Å²) < 4.78 is 2.10. The Morgan fingerprint density at radius 1 is 1.28 bits per heavy atom. The van der Waals surface area contributed by atoms with Gasteiger partial charge >= 0.3 is 0 Å². The molecule has 25 heavy (non-hydrogen) atoms. The summed E-state index contributed by atoms with van der Waals surface area (Å²) in [6.07, 6.45) is 3.45. The molecule has 3 rings (SSSR count). The molecule has 1 saturated heterocycles. The van der Waals surface area contributed by atoms with Crippen LogP contribution < -0.4 is 0 Å². The van der Waals surface area contributed by atoms with Crippen LogP contribution in [0.4, 0.5) is 0 Å². The van der Waals surface area contributed by atoms with Crippen molar-refractivity contribution in [2.24, 2.45) is 0 Å². The van der Waals surface area contributed by atoms with Crippen molar-refractivity contribution in [1.29, 1.82) is 0 Å². The molecule has 0 saturated carbocycles. The van der Waals surface area contributed by atoms with Gasteiger partial charge in [-0.1, -0.05) is 36.0 Å². The Morgan fingerprint density at radius 3 is 2.80 bits per heavy atom. The molecule has 1 fully saturated rings. The van der Waals surface area contributed by atoms with Crippen LogP contribution in [-0.2, 0) is 11.3 Å². The first-order chi connectivity index (χ1) is 12.1. The molecule has 0 aliphatic carbocycles.